The van der Waals surface area contributed by atoms with Gasteiger partial charge in [0.25, 0.3) is 5.91 Å². The van der Waals surface area contributed by atoms with Crippen LogP contribution in [-0.2, 0) is 18.9 Å². The highest BCUT2D eigenvalue weighted by Gasteiger charge is 2.32. The fourth-order valence-corrected chi connectivity index (χ4v) is 4.06. The average Bonchev–Trinajstić information content (AvgIpc) is 3.16. The fraction of sp³-hybridized carbons (Fsp3) is 0.240. The summed E-state index contributed by atoms with van der Waals surface area (Å²) in [5, 5.41) is 2.68. The van der Waals surface area contributed by atoms with E-state index in [1.54, 1.807) is 12.1 Å². The van der Waals surface area contributed by atoms with Crippen LogP contribution in [0.5, 0.6) is 0 Å². The van der Waals surface area contributed by atoms with Gasteiger partial charge in [-0.15, -0.1) is 0 Å². The van der Waals surface area contributed by atoms with Crippen LogP contribution in [0.15, 0.2) is 60.9 Å². The first-order valence-corrected chi connectivity index (χ1v) is 11.2. The zero-order chi connectivity index (χ0) is 26.4. The number of benzene rings is 1. The van der Waals surface area contributed by atoms with E-state index in [4.69, 9.17) is 0 Å². The Kier molecular flexibility index (Phi) is 6.04. The number of pyridine rings is 2. The van der Waals surface area contributed by atoms with E-state index in [0.29, 0.717) is 11.9 Å². The minimum atomic E-state index is -4.66. The molecule has 1 aromatic carbocycles. The monoisotopic (exact) mass is 519 g/mol. The molecule has 1 saturated heterocycles. The Balaban J connectivity index is 1.51. The number of carbonyl (C=O) groups is 1. The van der Waals surface area contributed by atoms with Gasteiger partial charge in [0.1, 0.15) is 17.2 Å². The van der Waals surface area contributed by atoms with Crippen LogP contribution in [0.1, 0.15) is 33.6 Å². The molecule has 1 fully saturated rings. The van der Waals surface area contributed by atoms with E-state index in [0.717, 1.165) is 43.5 Å². The molecule has 4 aromatic rings. The van der Waals surface area contributed by atoms with Crippen LogP contribution >= 0.6 is 0 Å². The zero-order valence-electron chi connectivity index (χ0n) is 19.1. The van der Waals surface area contributed by atoms with E-state index in [9.17, 15) is 31.1 Å². The van der Waals surface area contributed by atoms with Crippen molar-refractivity contribution >= 4 is 28.4 Å². The van der Waals surface area contributed by atoms with Crippen LogP contribution in [0.2, 0.25) is 0 Å². The summed E-state index contributed by atoms with van der Waals surface area (Å²) in [6.07, 6.45) is -6.07. The van der Waals surface area contributed by atoms with Crippen LogP contribution < -0.4 is 10.2 Å². The van der Waals surface area contributed by atoms with Crippen LogP contribution in [0, 0.1) is 0 Å². The Bertz CT molecular complexity index is 1460. The standard InChI is InChI=1S/C25H19F6N5O/c26-24(27,28)17-4-1-3-15(9-17)14-36-20(11-16-10-18(25(29,30)31)12-33-22(16)36)23(37)34-19-5-6-21(32-13-19)35-7-2-8-35/h1,3-6,9-13H,2,7-8,14H2,(H,34,37). The van der Waals surface area contributed by atoms with Gasteiger partial charge in [0.2, 0.25) is 0 Å². The molecule has 1 N–H and O–H groups in total. The van der Waals surface area contributed by atoms with Crippen molar-refractivity contribution in [2.24, 2.45) is 0 Å². The maximum absolute atomic E-state index is 13.2. The SMILES string of the molecule is O=C(Nc1ccc(N2CCC2)nc1)c1cc2cc(C(F)(F)F)cnc2n1Cc1cccc(C(F)(F)F)c1. The van der Waals surface area contributed by atoms with Gasteiger partial charge in [-0.05, 0) is 48.4 Å². The second kappa shape index (κ2) is 9.09. The molecule has 0 spiro atoms. The Hall–Kier alpha value is -4.09. The molecular weight excluding hydrogens is 500 g/mol. The van der Waals surface area contributed by atoms with Crippen molar-refractivity contribution in [1.82, 2.24) is 14.5 Å². The largest absolute Gasteiger partial charge is 0.417 e. The van der Waals surface area contributed by atoms with Crippen molar-refractivity contribution in [3.05, 3.63) is 83.3 Å². The minimum Gasteiger partial charge on any atom is -0.356 e. The van der Waals surface area contributed by atoms with Crippen LogP contribution in [-0.4, -0.2) is 33.5 Å². The molecule has 0 aliphatic carbocycles. The molecule has 1 aliphatic heterocycles. The number of rotatable bonds is 5. The van der Waals surface area contributed by atoms with Gasteiger partial charge >= 0.3 is 12.4 Å². The summed E-state index contributed by atoms with van der Waals surface area (Å²) in [7, 11) is 0. The normalized spacial score (nSPS) is 14.1. The van der Waals surface area contributed by atoms with Gasteiger partial charge in [-0.2, -0.15) is 26.3 Å². The van der Waals surface area contributed by atoms with Crippen molar-refractivity contribution in [3.63, 3.8) is 0 Å². The molecule has 192 valence electrons. The van der Waals surface area contributed by atoms with E-state index in [2.05, 4.69) is 20.2 Å². The predicted molar refractivity (Wildman–Crippen MR) is 124 cm³/mol. The zero-order valence-corrected chi connectivity index (χ0v) is 19.1. The Labute approximate surface area is 206 Å². The predicted octanol–water partition coefficient (Wildman–Crippen LogP) is 5.98. The quantitative estimate of drug-likeness (QED) is 0.330. The maximum atomic E-state index is 13.2. The smallest absolute Gasteiger partial charge is 0.356 e. The lowest BCUT2D eigenvalue weighted by atomic mass is 10.1. The minimum absolute atomic E-state index is 0.0261. The summed E-state index contributed by atoms with van der Waals surface area (Å²) >= 11 is 0. The van der Waals surface area contributed by atoms with Crippen LogP contribution in [0.4, 0.5) is 37.8 Å². The first-order valence-electron chi connectivity index (χ1n) is 11.2. The summed E-state index contributed by atoms with van der Waals surface area (Å²) in [5.74, 6) is 0.0869. The molecule has 0 unspecified atom stereocenters. The summed E-state index contributed by atoms with van der Waals surface area (Å²) in [5.41, 5.74) is -1.37. The third kappa shape index (κ3) is 5.09. The molecule has 0 bridgehead atoms. The van der Waals surface area contributed by atoms with Gasteiger partial charge in [0, 0.05) is 31.2 Å². The Morgan fingerprint density at radius 3 is 2.27 bits per heavy atom. The first-order chi connectivity index (χ1) is 17.5. The third-order valence-electron chi connectivity index (χ3n) is 6.07. The maximum Gasteiger partial charge on any atom is 0.417 e. The lowest BCUT2D eigenvalue weighted by molar-refractivity contribution is -0.138. The van der Waals surface area contributed by atoms with Gasteiger partial charge in [-0.3, -0.25) is 4.79 Å². The number of amides is 1. The molecular formula is C25H19F6N5O. The lowest BCUT2D eigenvalue weighted by Gasteiger charge is -2.31. The number of halogens is 6. The van der Waals surface area contributed by atoms with E-state index >= 15 is 0 Å². The number of nitrogens with one attached hydrogen (secondary N) is 1. The van der Waals surface area contributed by atoms with Crippen molar-refractivity contribution in [1.29, 1.82) is 0 Å². The number of hydrogen-bond acceptors (Lipinski definition) is 4. The van der Waals surface area contributed by atoms with E-state index in [-0.39, 0.29) is 28.8 Å². The molecule has 5 rings (SSSR count). The highest BCUT2D eigenvalue weighted by Crippen LogP contribution is 2.33. The molecule has 4 heterocycles. The van der Waals surface area contributed by atoms with Crippen molar-refractivity contribution in [2.45, 2.75) is 25.3 Å². The third-order valence-corrected chi connectivity index (χ3v) is 6.07. The average molecular weight is 519 g/mol. The molecule has 6 nitrogen and oxygen atoms in total. The molecule has 37 heavy (non-hydrogen) atoms. The van der Waals surface area contributed by atoms with Gasteiger partial charge in [0.05, 0.1) is 23.0 Å². The summed E-state index contributed by atoms with van der Waals surface area (Å²) in [6, 6.07) is 9.98. The molecule has 1 aliphatic rings. The van der Waals surface area contributed by atoms with E-state index < -0.39 is 29.4 Å². The first kappa shape index (κ1) is 24.6. The molecule has 0 saturated carbocycles. The van der Waals surface area contributed by atoms with Crippen molar-refractivity contribution in [3.8, 4) is 0 Å². The highest BCUT2D eigenvalue weighted by atomic mass is 19.4. The number of alkyl halides is 6. The van der Waals surface area contributed by atoms with E-state index in [1.165, 1.54) is 29.0 Å². The van der Waals surface area contributed by atoms with Crippen LogP contribution in [0.3, 0.4) is 0 Å². The lowest BCUT2D eigenvalue weighted by Crippen LogP contribution is -2.37. The summed E-state index contributed by atoms with van der Waals surface area (Å²) in [4.78, 5) is 23.5. The molecule has 0 radical (unpaired) electrons. The second-order valence-electron chi connectivity index (χ2n) is 8.65. The summed E-state index contributed by atoms with van der Waals surface area (Å²) in [6.45, 7) is 1.56. The topological polar surface area (TPSA) is 63.1 Å². The second-order valence-corrected chi connectivity index (χ2v) is 8.65. The van der Waals surface area contributed by atoms with Crippen molar-refractivity contribution in [2.75, 3.05) is 23.3 Å². The number of hydrogen-bond donors (Lipinski definition) is 1. The van der Waals surface area contributed by atoms with Crippen molar-refractivity contribution < 1.29 is 31.1 Å². The Morgan fingerprint density at radius 2 is 1.65 bits per heavy atom. The van der Waals surface area contributed by atoms with Crippen LogP contribution in [0.25, 0.3) is 11.0 Å². The van der Waals surface area contributed by atoms with Gasteiger partial charge in [-0.1, -0.05) is 12.1 Å². The molecule has 0 atom stereocenters. The number of carbonyl (C=O) groups excluding carboxylic acids is 1. The number of nitrogens with zero attached hydrogens (tertiary/aromatic N) is 4. The molecule has 3 aromatic heterocycles. The van der Waals surface area contributed by atoms with Gasteiger partial charge in [-0.25, -0.2) is 9.97 Å². The number of fused-ring (bicyclic) bond motifs is 1. The highest BCUT2D eigenvalue weighted by molar-refractivity contribution is 6.06. The summed E-state index contributed by atoms with van der Waals surface area (Å²) < 4.78 is 80.7. The van der Waals surface area contributed by atoms with Gasteiger partial charge in [0.15, 0.2) is 0 Å². The molecule has 1 amide bonds. The Morgan fingerprint density at radius 1 is 0.892 bits per heavy atom. The van der Waals surface area contributed by atoms with Gasteiger partial charge < -0.3 is 14.8 Å². The van der Waals surface area contributed by atoms with E-state index in [1.807, 2.05) is 0 Å². The number of aromatic nitrogens is 3. The fourth-order valence-electron chi connectivity index (χ4n) is 4.06. The molecule has 12 heteroatoms. The number of anilines is 2.